The van der Waals surface area contributed by atoms with Gasteiger partial charge in [-0.1, -0.05) is 0 Å². The second-order valence-electron chi connectivity index (χ2n) is 3.19. The van der Waals surface area contributed by atoms with Gasteiger partial charge in [0, 0.05) is 38.6 Å². The molecule has 0 bridgehead atoms. The van der Waals surface area contributed by atoms with Crippen LogP contribution in [-0.2, 0) is 10.2 Å². The van der Waals surface area contributed by atoms with Crippen LogP contribution >= 0.6 is 0 Å². The van der Waals surface area contributed by atoms with E-state index in [2.05, 4.69) is 20.0 Å². The van der Waals surface area contributed by atoms with Crippen molar-refractivity contribution in [3.8, 4) is 0 Å². The van der Waals surface area contributed by atoms with Crippen LogP contribution in [0.15, 0.2) is 12.4 Å². The van der Waals surface area contributed by atoms with E-state index in [1.807, 2.05) is 0 Å². The summed E-state index contributed by atoms with van der Waals surface area (Å²) in [6, 6.07) is 0. The molecule has 0 unspecified atom stereocenters. The Kier molecular flexibility index (Phi) is 2.89. The first-order valence-corrected chi connectivity index (χ1v) is 6.10. The average molecular weight is 231 g/mol. The maximum Gasteiger partial charge on any atom is 0.304 e. The minimum atomic E-state index is -3.46. The lowest BCUT2D eigenvalue weighted by molar-refractivity contribution is 0.362. The second-order valence-corrected chi connectivity index (χ2v) is 4.86. The van der Waals surface area contributed by atoms with Crippen LogP contribution < -0.4 is 10.0 Å². The number of aromatic nitrogens is 2. The van der Waals surface area contributed by atoms with E-state index < -0.39 is 10.2 Å². The molecule has 3 N–H and O–H groups in total. The van der Waals surface area contributed by atoms with Crippen molar-refractivity contribution in [2.45, 2.75) is 0 Å². The molecule has 2 heterocycles. The van der Waals surface area contributed by atoms with E-state index in [1.165, 1.54) is 10.5 Å². The Morgan fingerprint density at radius 2 is 2.13 bits per heavy atom. The third-order valence-corrected chi connectivity index (χ3v) is 3.64. The summed E-state index contributed by atoms with van der Waals surface area (Å²) in [5, 5.41) is 3.09. The lowest BCUT2D eigenvalue weighted by Crippen LogP contribution is -2.48. The fourth-order valence-corrected chi connectivity index (χ4v) is 2.54. The number of hydrogen-bond acceptors (Lipinski definition) is 4. The van der Waals surface area contributed by atoms with E-state index in [-0.39, 0.29) is 5.95 Å². The SMILES string of the molecule is O=S(=O)(Nc1ncc[nH]1)N1CCNCC1. The molecule has 1 fully saturated rings. The summed E-state index contributed by atoms with van der Waals surface area (Å²) < 4.78 is 27.3. The van der Waals surface area contributed by atoms with Crippen LogP contribution in [0.25, 0.3) is 0 Å². The molecule has 0 saturated carbocycles. The Balaban J connectivity index is 2.05. The molecule has 84 valence electrons. The van der Waals surface area contributed by atoms with Crippen LogP contribution in [0.3, 0.4) is 0 Å². The van der Waals surface area contributed by atoms with E-state index in [4.69, 9.17) is 0 Å². The van der Waals surface area contributed by atoms with Crippen molar-refractivity contribution in [3.05, 3.63) is 12.4 Å². The quantitative estimate of drug-likeness (QED) is 0.620. The van der Waals surface area contributed by atoms with Gasteiger partial charge in [0.2, 0.25) is 5.95 Å². The minimum Gasteiger partial charge on any atom is -0.330 e. The zero-order valence-corrected chi connectivity index (χ0v) is 8.92. The fraction of sp³-hybridized carbons (Fsp3) is 0.571. The number of imidazole rings is 1. The van der Waals surface area contributed by atoms with E-state index in [0.29, 0.717) is 26.2 Å². The third kappa shape index (κ3) is 2.46. The summed E-state index contributed by atoms with van der Waals surface area (Å²) in [4.78, 5) is 6.50. The molecule has 15 heavy (non-hydrogen) atoms. The smallest absolute Gasteiger partial charge is 0.304 e. The van der Waals surface area contributed by atoms with Crippen molar-refractivity contribution in [1.82, 2.24) is 19.6 Å². The maximum atomic E-state index is 11.8. The van der Waals surface area contributed by atoms with Gasteiger partial charge in [0.25, 0.3) is 0 Å². The monoisotopic (exact) mass is 231 g/mol. The van der Waals surface area contributed by atoms with Gasteiger partial charge in [0.15, 0.2) is 0 Å². The van der Waals surface area contributed by atoms with Crippen molar-refractivity contribution in [1.29, 1.82) is 0 Å². The number of anilines is 1. The summed E-state index contributed by atoms with van der Waals surface area (Å²) in [6.45, 7) is 2.32. The standard InChI is InChI=1S/C7H13N5O2S/c13-15(14,11-7-9-1-2-10-7)12-5-3-8-4-6-12/h1-2,8H,3-6H2,(H2,9,10,11). The highest BCUT2D eigenvalue weighted by atomic mass is 32.2. The van der Waals surface area contributed by atoms with Gasteiger partial charge in [-0.2, -0.15) is 12.7 Å². The Morgan fingerprint density at radius 3 is 2.73 bits per heavy atom. The molecule has 0 aliphatic carbocycles. The first-order valence-electron chi connectivity index (χ1n) is 4.66. The lowest BCUT2D eigenvalue weighted by atomic mass is 10.4. The predicted molar refractivity (Wildman–Crippen MR) is 55.6 cm³/mol. The first kappa shape index (κ1) is 10.4. The molecule has 1 aliphatic heterocycles. The molecule has 1 aliphatic rings. The fourth-order valence-electron chi connectivity index (χ4n) is 1.39. The molecule has 1 saturated heterocycles. The van der Waals surface area contributed by atoms with Crippen LogP contribution in [0, 0.1) is 0 Å². The highest BCUT2D eigenvalue weighted by Crippen LogP contribution is 2.06. The second kappa shape index (κ2) is 4.17. The normalized spacial score (nSPS) is 18.9. The molecule has 7 nitrogen and oxygen atoms in total. The number of nitrogens with zero attached hydrogens (tertiary/aromatic N) is 2. The summed E-state index contributed by atoms with van der Waals surface area (Å²) in [7, 11) is -3.46. The highest BCUT2D eigenvalue weighted by Gasteiger charge is 2.23. The van der Waals surface area contributed by atoms with Crippen LogP contribution in [-0.4, -0.2) is 48.9 Å². The average Bonchev–Trinajstić information content (AvgIpc) is 2.71. The molecule has 0 amide bonds. The largest absolute Gasteiger partial charge is 0.330 e. The molecule has 0 aromatic carbocycles. The summed E-state index contributed by atoms with van der Waals surface area (Å²) in [5.74, 6) is 0.244. The van der Waals surface area contributed by atoms with Gasteiger partial charge in [-0.3, -0.25) is 0 Å². The molecular weight excluding hydrogens is 218 g/mol. The van der Waals surface area contributed by atoms with E-state index in [1.54, 1.807) is 6.20 Å². The van der Waals surface area contributed by atoms with Crippen LogP contribution in [0.2, 0.25) is 0 Å². The van der Waals surface area contributed by atoms with Gasteiger partial charge in [0.05, 0.1) is 0 Å². The van der Waals surface area contributed by atoms with E-state index >= 15 is 0 Å². The Labute approximate surface area is 88.1 Å². The highest BCUT2D eigenvalue weighted by molar-refractivity contribution is 7.90. The number of nitrogens with one attached hydrogen (secondary N) is 3. The molecule has 1 aromatic rings. The molecule has 2 rings (SSSR count). The van der Waals surface area contributed by atoms with Crippen LogP contribution in [0.5, 0.6) is 0 Å². The van der Waals surface area contributed by atoms with Gasteiger partial charge in [-0.15, -0.1) is 0 Å². The van der Waals surface area contributed by atoms with Gasteiger partial charge in [-0.05, 0) is 0 Å². The van der Waals surface area contributed by atoms with Gasteiger partial charge in [0.1, 0.15) is 0 Å². The van der Waals surface area contributed by atoms with Crippen LogP contribution in [0.4, 0.5) is 5.95 Å². The van der Waals surface area contributed by atoms with E-state index in [0.717, 1.165) is 0 Å². The van der Waals surface area contributed by atoms with Crippen molar-refractivity contribution < 1.29 is 8.42 Å². The van der Waals surface area contributed by atoms with Gasteiger partial charge in [-0.25, -0.2) is 9.71 Å². The van der Waals surface area contributed by atoms with Crippen LogP contribution in [0.1, 0.15) is 0 Å². The number of H-pyrrole nitrogens is 1. The van der Waals surface area contributed by atoms with Gasteiger partial charge < -0.3 is 10.3 Å². The zero-order valence-electron chi connectivity index (χ0n) is 8.10. The number of rotatable bonds is 3. The van der Waals surface area contributed by atoms with E-state index in [9.17, 15) is 8.42 Å². The Hall–Kier alpha value is -1.12. The number of aromatic amines is 1. The Bertz CT molecular complexity index is 395. The maximum absolute atomic E-state index is 11.8. The Morgan fingerprint density at radius 1 is 1.40 bits per heavy atom. The predicted octanol–water partition coefficient (Wildman–Crippen LogP) is -1.03. The number of piperazine rings is 1. The van der Waals surface area contributed by atoms with Crippen molar-refractivity contribution in [2.75, 3.05) is 30.9 Å². The molecule has 0 atom stereocenters. The topological polar surface area (TPSA) is 90.1 Å². The minimum absolute atomic E-state index is 0.244. The third-order valence-electron chi connectivity index (χ3n) is 2.14. The zero-order chi connectivity index (χ0) is 10.7. The van der Waals surface area contributed by atoms with Crippen molar-refractivity contribution in [3.63, 3.8) is 0 Å². The first-order chi connectivity index (χ1) is 7.18. The van der Waals surface area contributed by atoms with Gasteiger partial charge >= 0.3 is 10.2 Å². The lowest BCUT2D eigenvalue weighted by Gasteiger charge is -2.26. The molecule has 1 aromatic heterocycles. The molecular formula is C7H13N5O2S. The van der Waals surface area contributed by atoms with Crippen molar-refractivity contribution >= 4 is 16.2 Å². The molecule has 8 heteroatoms. The molecule has 0 radical (unpaired) electrons. The summed E-state index contributed by atoms with van der Waals surface area (Å²) in [6.07, 6.45) is 3.06. The van der Waals surface area contributed by atoms with Crippen molar-refractivity contribution in [2.24, 2.45) is 0 Å². The molecule has 0 spiro atoms. The number of hydrogen-bond donors (Lipinski definition) is 3. The summed E-state index contributed by atoms with van der Waals surface area (Å²) >= 11 is 0. The summed E-state index contributed by atoms with van der Waals surface area (Å²) in [5.41, 5.74) is 0.